The van der Waals surface area contributed by atoms with Crippen molar-refractivity contribution >= 4 is 45.2 Å². The van der Waals surface area contributed by atoms with Crippen LogP contribution >= 0.6 is 27.7 Å². The number of benzene rings is 2. The molecule has 1 amide bonds. The van der Waals surface area contributed by atoms with E-state index in [0.29, 0.717) is 40.5 Å². The first-order chi connectivity index (χ1) is 17.4. The van der Waals surface area contributed by atoms with Gasteiger partial charge in [-0.25, -0.2) is 4.68 Å². The maximum absolute atomic E-state index is 13.7. The fourth-order valence-electron chi connectivity index (χ4n) is 4.09. The molecule has 190 valence electrons. The van der Waals surface area contributed by atoms with Gasteiger partial charge >= 0.3 is 0 Å². The highest BCUT2D eigenvalue weighted by Gasteiger charge is 2.35. The minimum absolute atomic E-state index is 0.220. The third kappa shape index (κ3) is 5.39. The number of hydrogen-bond acceptors (Lipinski definition) is 7. The second-order valence-corrected chi connectivity index (χ2v) is 10.5. The van der Waals surface area contributed by atoms with Crippen molar-refractivity contribution in [1.82, 2.24) is 14.8 Å². The fraction of sp³-hybridized carbons (Fsp3) is 0.346. The van der Waals surface area contributed by atoms with Crippen molar-refractivity contribution in [2.24, 2.45) is 0 Å². The number of hydrogen-bond donors (Lipinski definition) is 2. The van der Waals surface area contributed by atoms with Crippen LogP contribution in [-0.2, 0) is 4.79 Å². The largest absolute Gasteiger partial charge is 0.493 e. The van der Waals surface area contributed by atoms with Gasteiger partial charge in [-0.1, -0.05) is 37.7 Å². The first-order valence-corrected chi connectivity index (χ1v) is 13.6. The Bertz CT molecular complexity index is 1310. The minimum atomic E-state index is -0.532. The Morgan fingerprint density at radius 3 is 2.75 bits per heavy atom. The van der Waals surface area contributed by atoms with Crippen LogP contribution in [0.5, 0.6) is 11.5 Å². The number of anilines is 2. The molecule has 3 aromatic rings. The van der Waals surface area contributed by atoms with Crippen LogP contribution < -0.4 is 20.1 Å². The van der Waals surface area contributed by atoms with Crippen LogP contribution in [0.1, 0.15) is 44.4 Å². The maximum atomic E-state index is 13.7. The zero-order chi connectivity index (χ0) is 25.8. The fourth-order valence-corrected chi connectivity index (χ4v) is 5.22. The lowest BCUT2D eigenvalue weighted by atomic mass is 9.94. The molecule has 0 bridgehead atoms. The van der Waals surface area contributed by atoms with Crippen molar-refractivity contribution in [3.8, 4) is 11.5 Å². The van der Waals surface area contributed by atoms with E-state index in [0.717, 1.165) is 33.5 Å². The monoisotopic (exact) mass is 571 g/mol. The SMILES string of the molecule is CCCOc1c(Br)cc(C2C(C(=O)Nc3cccc(C)c3)=C(C)Nc3nc(SCC)nn32)cc1OC. The normalized spacial score (nSPS) is 14.8. The summed E-state index contributed by atoms with van der Waals surface area (Å²) in [5.74, 6) is 2.41. The zero-order valence-corrected chi connectivity index (χ0v) is 23.4. The number of carbonyl (C=O) groups is 1. The van der Waals surface area contributed by atoms with E-state index in [1.807, 2.05) is 50.2 Å². The molecule has 1 aliphatic rings. The number of aromatic nitrogens is 3. The molecule has 0 aliphatic carbocycles. The molecule has 1 aromatic heterocycles. The number of carbonyl (C=O) groups excluding carboxylic acids is 1. The average Bonchev–Trinajstić information content (AvgIpc) is 3.23. The third-order valence-corrected chi connectivity index (χ3v) is 6.95. The number of allylic oxidation sites excluding steroid dienone is 1. The van der Waals surface area contributed by atoms with Gasteiger partial charge in [0.05, 0.1) is 23.8 Å². The number of fused-ring (bicyclic) bond motifs is 1. The highest BCUT2D eigenvalue weighted by Crippen LogP contribution is 2.43. The van der Waals surface area contributed by atoms with Gasteiger partial charge in [-0.3, -0.25) is 4.79 Å². The number of aryl methyl sites for hydroxylation is 1. The Balaban J connectivity index is 1.83. The van der Waals surface area contributed by atoms with Crippen molar-refractivity contribution < 1.29 is 14.3 Å². The van der Waals surface area contributed by atoms with Crippen LogP contribution in [0.15, 0.2) is 57.3 Å². The van der Waals surface area contributed by atoms with Crippen LogP contribution in [0.3, 0.4) is 0 Å². The van der Waals surface area contributed by atoms with Gasteiger partial charge in [-0.05, 0) is 77.3 Å². The summed E-state index contributed by atoms with van der Waals surface area (Å²) in [5, 5.41) is 11.7. The van der Waals surface area contributed by atoms with E-state index in [9.17, 15) is 4.79 Å². The van der Waals surface area contributed by atoms with Crippen LogP contribution in [0.4, 0.5) is 11.6 Å². The molecule has 1 unspecified atom stereocenters. The molecule has 4 rings (SSSR count). The van der Waals surface area contributed by atoms with E-state index < -0.39 is 6.04 Å². The van der Waals surface area contributed by atoms with Crippen molar-refractivity contribution in [1.29, 1.82) is 0 Å². The molecule has 2 heterocycles. The van der Waals surface area contributed by atoms with E-state index in [2.05, 4.69) is 45.4 Å². The molecule has 10 heteroatoms. The number of ether oxygens (including phenoxy) is 2. The first kappa shape index (κ1) is 26.1. The summed E-state index contributed by atoms with van der Waals surface area (Å²) in [5.41, 5.74) is 3.86. The third-order valence-electron chi connectivity index (χ3n) is 5.65. The van der Waals surface area contributed by atoms with Crippen molar-refractivity contribution in [3.05, 3.63) is 63.3 Å². The number of nitrogens with zero attached hydrogens (tertiary/aromatic N) is 3. The summed E-state index contributed by atoms with van der Waals surface area (Å²) in [4.78, 5) is 18.4. The van der Waals surface area contributed by atoms with Crippen molar-refractivity contribution in [2.75, 3.05) is 30.1 Å². The smallest absolute Gasteiger partial charge is 0.255 e. The zero-order valence-electron chi connectivity index (χ0n) is 21.0. The second-order valence-electron chi connectivity index (χ2n) is 8.37. The summed E-state index contributed by atoms with van der Waals surface area (Å²) >= 11 is 5.20. The van der Waals surface area contributed by atoms with Gasteiger partial charge in [0.25, 0.3) is 5.91 Å². The van der Waals surface area contributed by atoms with E-state index in [1.165, 1.54) is 0 Å². The topological polar surface area (TPSA) is 90.3 Å². The van der Waals surface area contributed by atoms with Crippen LogP contribution in [0, 0.1) is 6.92 Å². The number of methoxy groups -OCH3 is 1. The molecule has 36 heavy (non-hydrogen) atoms. The van der Waals surface area contributed by atoms with E-state index >= 15 is 0 Å². The molecule has 1 aliphatic heterocycles. The van der Waals surface area contributed by atoms with Gasteiger partial charge in [0.2, 0.25) is 11.1 Å². The molecule has 0 saturated heterocycles. The molecule has 2 N–H and O–H groups in total. The van der Waals surface area contributed by atoms with Gasteiger partial charge in [-0.2, -0.15) is 4.98 Å². The number of thioether (sulfide) groups is 1. The van der Waals surface area contributed by atoms with Crippen LogP contribution in [0.25, 0.3) is 0 Å². The van der Waals surface area contributed by atoms with Crippen LogP contribution in [-0.4, -0.2) is 40.1 Å². The molecular weight excluding hydrogens is 542 g/mol. The maximum Gasteiger partial charge on any atom is 0.255 e. The molecule has 0 saturated carbocycles. The highest BCUT2D eigenvalue weighted by atomic mass is 79.9. The number of amides is 1. The van der Waals surface area contributed by atoms with Gasteiger partial charge < -0.3 is 20.1 Å². The summed E-state index contributed by atoms with van der Waals surface area (Å²) in [6.07, 6.45) is 0.872. The predicted octanol–water partition coefficient (Wildman–Crippen LogP) is 6.19. The van der Waals surface area contributed by atoms with E-state index in [4.69, 9.17) is 14.6 Å². The summed E-state index contributed by atoms with van der Waals surface area (Å²) in [6.45, 7) is 8.54. The molecule has 1 atom stereocenters. The van der Waals surface area contributed by atoms with Gasteiger partial charge in [0.1, 0.15) is 6.04 Å². The highest BCUT2D eigenvalue weighted by molar-refractivity contribution is 9.10. The first-order valence-electron chi connectivity index (χ1n) is 11.8. The molecule has 0 spiro atoms. The van der Waals surface area contributed by atoms with Gasteiger partial charge in [-0.15, -0.1) is 5.10 Å². The Hall–Kier alpha value is -2.98. The molecule has 2 aromatic carbocycles. The Morgan fingerprint density at radius 1 is 1.25 bits per heavy atom. The Morgan fingerprint density at radius 2 is 2.06 bits per heavy atom. The summed E-state index contributed by atoms with van der Waals surface area (Å²) in [7, 11) is 1.61. The number of halogens is 1. The Kier molecular flexibility index (Phi) is 8.25. The van der Waals surface area contributed by atoms with Crippen LogP contribution in [0.2, 0.25) is 0 Å². The predicted molar refractivity (Wildman–Crippen MR) is 147 cm³/mol. The lowest BCUT2D eigenvalue weighted by Crippen LogP contribution is -2.31. The van der Waals surface area contributed by atoms with E-state index in [1.54, 1.807) is 23.6 Å². The molecule has 8 nitrogen and oxygen atoms in total. The van der Waals surface area contributed by atoms with Crippen molar-refractivity contribution in [3.63, 3.8) is 0 Å². The summed E-state index contributed by atoms with van der Waals surface area (Å²) < 4.78 is 14.1. The lowest BCUT2D eigenvalue weighted by Gasteiger charge is -2.29. The minimum Gasteiger partial charge on any atom is -0.493 e. The second kappa shape index (κ2) is 11.4. The molecule has 0 fully saturated rings. The molecular formula is C26H30BrN5O3S. The van der Waals surface area contributed by atoms with Crippen molar-refractivity contribution in [2.45, 2.75) is 45.3 Å². The quantitative estimate of drug-likeness (QED) is 0.296. The van der Waals surface area contributed by atoms with Gasteiger partial charge in [0.15, 0.2) is 11.5 Å². The lowest BCUT2D eigenvalue weighted by molar-refractivity contribution is -0.113. The standard InChI is InChI=1S/C26H30BrN5O3S/c1-6-11-35-23-19(27)13-17(14-20(23)34-5)22-21(24(33)29-18-10-8-9-15(3)12-18)16(4)28-25-30-26(36-7-2)31-32(22)25/h8-10,12-14,22H,6-7,11H2,1-5H3,(H,29,33)(H,28,30,31). The van der Waals surface area contributed by atoms with Gasteiger partial charge in [0, 0.05) is 11.4 Å². The molecule has 0 radical (unpaired) electrons. The average molecular weight is 573 g/mol. The summed E-state index contributed by atoms with van der Waals surface area (Å²) in [6, 6.07) is 11.1. The van der Waals surface area contributed by atoms with E-state index in [-0.39, 0.29) is 5.91 Å². The number of nitrogens with one attached hydrogen (secondary N) is 2. The Labute approximate surface area is 224 Å². The number of rotatable bonds is 9.